The Morgan fingerprint density at radius 2 is 2.07 bits per heavy atom. The number of piperidine rings is 1. The third-order valence-corrected chi connectivity index (χ3v) is 6.38. The molecule has 2 heterocycles. The van der Waals surface area contributed by atoms with Crippen molar-refractivity contribution in [1.29, 1.82) is 0 Å². The number of nitrogens with one attached hydrogen (secondary N) is 3. The zero-order valence-electron chi connectivity index (χ0n) is 16.1. The molecule has 1 aromatic carbocycles. The van der Waals surface area contributed by atoms with E-state index >= 15 is 0 Å². The summed E-state index contributed by atoms with van der Waals surface area (Å²) in [5.41, 5.74) is -0.306. The molecule has 2 atom stereocenters. The second-order valence-electron chi connectivity index (χ2n) is 6.93. The lowest BCUT2D eigenvalue weighted by molar-refractivity contribution is -0.147. The van der Waals surface area contributed by atoms with E-state index in [9.17, 15) is 18.3 Å². The van der Waals surface area contributed by atoms with Crippen LogP contribution in [0.4, 0.5) is 5.82 Å². The highest BCUT2D eigenvalue weighted by molar-refractivity contribution is 7.92. The number of anilines is 1. The van der Waals surface area contributed by atoms with Gasteiger partial charge in [0.05, 0.1) is 11.7 Å². The van der Waals surface area contributed by atoms with E-state index in [0.29, 0.717) is 26.1 Å². The van der Waals surface area contributed by atoms with Gasteiger partial charge >= 0.3 is 5.97 Å². The molecular weight excluding hydrogens is 394 g/mol. The fourth-order valence-electron chi connectivity index (χ4n) is 3.42. The third kappa shape index (κ3) is 4.89. The largest absolute Gasteiger partial charge is 0.480 e. The highest BCUT2D eigenvalue weighted by Crippen LogP contribution is 2.33. The van der Waals surface area contributed by atoms with E-state index in [1.54, 1.807) is 0 Å². The first-order valence-corrected chi connectivity index (χ1v) is 11.1. The first-order valence-electron chi connectivity index (χ1n) is 9.43. The standard InChI is InChI=1S/C19H25N5O4S/c1-2-29(27,28)24-16-8-10-21-17(23-16)15-13-20-11-9-19(15,18(25)26)22-12-14-6-4-3-5-7-14/h3-8,10,15,20,22H,2,9,11-13H2,1H3,(H,25,26)(H,21,23,24). The van der Waals surface area contributed by atoms with E-state index in [1.807, 2.05) is 30.3 Å². The molecule has 0 radical (unpaired) electrons. The van der Waals surface area contributed by atoms with Crippen LogP contribution in [0, 0.1) is 0 Å². The topological polar surface area (TPSA) is 133 Å². The minimum absolute atomic E-state index is 0.0883. The van der Waals surface area contributed by atoms with Gasteiger partial charge in [0.2, 0.25) is 10.0 Å². The van der Waals surface area contributed by atoms with Crippen LogP contribution in [0.2, 0.25) is 0 Å². The van der Waals surface area contributed by atoms with Gasteiger partial charge in [-0.05, 0) is 31.5 Å². The number of hydrogen-bond acceptors (Lipinski definition) is 7. The van der Waals surface area contributed by atoms with Crippen molar-refractivity contribution < 1.29 is 18.3 Å². The van der Waals surface area contributed by atoms with Crippen molar-refractivity contribution in [2.24, 2.45) is 0 Å². The molecule has 0 aliphatic carbocycles. The Bertz CT molecular complexity index is 954. The molecule has 1 aliphatic heterocycles. The number of benzene rings is 1. The van der Waals surface area contributed by atoms with Gasteiger partial charge in [-0.3, -0.25) is 14.8 Å². The fourth-order valence-corrected chi connectivity index (χ4v) is 4.00. The first-order chi connectivity index (χ1) is 13.9. The summed E-state index contributed by atoms with van der Waals surface area (Å²) in [5.74, 6) is -1.25. The molecule has 10 heteroatoms. The van der Waals surface area contributed by atoms with Crippen molar-refractivity contribution in [3.63, 3.8) is 0 Å². The molecule has 29 heavy (non-hydrogen) atoms. The Morgan fingerprint density at radius 3 is 2.76 bits per heavy atom. The predicted molar refractivity (Wildman–Crippen MR) is 109 cm³/mol. The lowest BCUT2D eigenvalue weighted by Crippen LogP contribution is -2.62. The van der Waals surface area contributed by atoms with Crippen molar-refractivity contribution in [2.75, 3.05) is 23.6 Å². The molecule has 0 amide bonds. The smallest absolute Gasteiger partial charge is 0.324 e. The maximum atomic E-state index is 12.4. The van der Waals surface area contributed by atoms with E-state index in [-0.39, 0.29) is 17.4 Å². The molecule has 0 spiro atoms. The Hall–Kier alpha value is -2.56. The van der Waals surface area contributed by atoms with Gasteiger partial charge in [0, 0.05) is 19.3 Å². The fraction of sp³-hybridized carbons (Fsp3) is 0.421. The van der Waals surface area contributed by atoms with Crippen LogP contribution >= 0.6 is 0 Å². The zero-order valence-corrected chi connectivity index (χ0v) is 16.9. The molecule has 0 bridgehead atoms. The Balaban J connectivity index is 1.91. The monoisotopic (exact) mass is 419 g/mol. The summed E-state index contributed by atoms with van der Waals surface area (Å²) in [5, 5.41) is 16.6. The molecule has 2 unspecified atom stereocenters. The van der Waals surface area contributed by atoms with Crippen LogP contribution in [0.3, 0.4) is 0 Å². The molecule has 4 N–H and O–H groups in total. The molecule has 3 rings (SSSR count). The second-order valence-corrected chi connectivity index (χ2v) is 8.94. The maximum absolute atomic E-state index is 12.4. The highest BCUT2D eigenvalue weighted by atomic mass is 32.2. The third-order valence-electron chi connectivity index (χ3n) is 5.10. The average Bonchev–Trinajstić information content (AvgIpc) is 2.73. The summed E-state index contributed by atoms with van der Waals surface area (Å²) in [6.45, 7) is 2.80. The zero-order chi connectivity index (χ0) is 20.9. The van der Waals surface area contributed by atoms with Crippen LogP contribution in [-0.2, 0) is 21.4 Å². The summed E-state index contributed by atoms with van der Waals surface area (Å²) in [6, 6.07) is 11.0. The number of aromatic nitrogens is 2. The summed E-state index contributed by atoms with van der Waals surface area (Å²) >= 11 is 0. The number of hydrogen-bond donors (Lipinski definition) is 4. The second kappa shape index (κ2) is 8.85. The van der Waals surface area contributed by atoms with Gasteiger partial charge in [-0.15, -0.1) is 0 Å². The summed E-state index contributed by atoms with van der Waals surface area (Å²) < 4.78 is 26.1. The van der Waals surface area contributed by atoms with Gasteiger partial charge in [-0.25, -0.2) is 18.4 Å². The lowest BCUT2D eigenvalue weighted by atomic mass is 9.77. The van der Waals surface area contributed by atoms with E-state index in [2.05, 4.69) is 25.3 Å². The normalized spacial score (nSPS) is 22.2. The van der Waals surface area contributed by atoms with Crippen LogP contribution in [0.15, 0.2) is 42.6 Å². The average molecular weight is 420 g/mol. The summed E-state index contributed by atoms with van der Waals surface area (Å²) in [6.07, 6.45) is 1.78. The molecule has 1 fully saturated rings. The van der Waals surface area contributed by atoms with Crippen LogP contribution in [0.1, 0.15) is 30.7 Å². The number of aliphatic carboxylic acids is 1. The number of carboxylic acid groups (broad SMARTS) is 1. The van der Waals surface area contributed by atoms with Gasteiger partial charge in [-0.1, -0.05) is 30.3 Å². The Morgan fingerprint density at radius 1 is 1.31 bits per heavy atom. The summed E-state index contributed by atoms with van der Waals surface area (Å²) in [7, 11) is -3.50. The van der Waals surface area contributed by atoms with Crippen molar-refractivity contribution >= 4 is 21.8 Å². The van der Waals surface area contributed by atoms with Gasteiger partial charge in [0.1, 0.15) is 17.2 Å². The number of sulfonamides is 1. The molecule has 1 aromatic heterocycles. The lowest BCUT2D eigenvalue weighted by Gasteiger charge is -2.41. The number of carbonyl (C=O) groups is 1. The molecule has 1 saturated heterocycles. The number of rotatable bonds is 8. The molecule has 1 aliphatic rings. The van der Waals surface area contributed by atoms with E-state index in [1.165, 1.54) is 19.2 Å². The summed E-state index contributed by atoms with van der Waals surface area (Å²) in [4.78, 5) is 21.0. The van der Waals surface area contributed by atoms with Crippen LogP contribution in [0.25, 0.3) is 0 Å². The van der Waals surface area contributed by atoms with Crippen LogP contribution < -0.4 is 15.4 Å². The van der Waals surface area contributed by atoms with Gasteiger partial charge in [-0.2, -0.15) is 0 Å². The van der Waals surface area contributed by atoms with Gasteiger partial charge in [0.25, 0.3) is 0 Å². The maximum Gasteiger partial charge on any atom is 0.324 e. The van der Waals surface area contributed by atoms with E-state index < -0.39 is 27.4 Å². The number of carboxylic acids is 1. The van der Waals surface area contributed by atoms with E-state index in [0.717, 1.165) is 5.56 Å². The minimum atomic E-state index is -3.50. The predicted octanol–water partition coefficient (Wildman–Crippen LogP) is 0.928. The minimum Gasteiger partial charge on any atom is -0.480 e. The molecule has 9 nitrogen and oxygen atoms in total. The van der Waals surface area contributed by atoms with Crippen LogP contribution in [0.5, 0.6) is 0 Å². The van der Waals surface area contributed by atoms with Gasteiger partial charge in [0.15, 0.2) is 0 Å². The van der Waals surface area contributed by atoms with Crippen molar-refractivity contribution in [3.8, 4) is 0 Å². The Kier molecular flexibility index (Phi) is 6.46. The van der Waals surface area contributed by atoms with Crippen LogP contribution in [-0.4, -0.2) is 53.8 Å². The van der Waals surface area contributed by atoms with E-state index in [4.69, 9.17) is 0 Å². The molecule has 0 saturated carbocycles. The quantitative estimate of drug-likeness (QED) is 0.497. The first kappa shape index (κ1) is 21.2. The van der Waals surface area contributed by atoms with Crippen molar-refractivity contribution in [2.45, 2.75) is 31.3 Å². The van der Waals surface area contributed by atoms with Crippen molar-refractivity contribution in [1.82, 2.24) is 20.6 Å². The SMILES string of the molecule is CCS(=O)(=O)Nc1ccnc(C2CNCCC2(NCc2ccccc2)C(=O)O)n1. The number of nitrogens with zero attached hydrogens (tertiary/aromatic N) is 2. The van der Waals surface area contributed by atoms with Gasteiger partial charge < -0.3 is 10.4 Å². The molecular formula is C19H25N5O4S. The highest BCUT2D eigenvalue weighted by Gasteiger charge is 2.49. The molecule has 2 aromatic rings. The van der Waals surface area contributed by atoms with Crippen molar-refractivity contribution in [3.05, 3.63) is 54.0 Å². The molecule has 156 valence electrons. The Labute approximate surface area is 170 Å².